The molecule has 10 heteroatoms. The third kappa shape index (κ3) is 5.82. The number of hydrogen-bond donors (Lipinski definition) is 4. The summed E-state index contributed by atoms with van der Waals surface area (Å²) in [5.74, 6) is -1.69. The van der Waals surface area contributed by atoms with Crippen LogP contribution in [-0.2, 0) is 9.59 Å². The van der Waals surface area contributed by atoms with Gasteiger partial charge in [-0.3, -0.25) is 19.7 Å². The molecule has 1 rings (SSSR count). The van der Waals surface area contributed by atoms with Crippen molar-refractivity contribution in [2.75, 3.05) is 25.6 Å². The van der Waals surface area contributed by atoms with Gasteiger partial charge in [-0.1, -0.05) is 0 Å². The van der Waals surface area contributed by atoms with E-state index in [1.165, 1.54) is 19.2 Å². The summed E-state index contributed by atoms with van der Waals surface area (Å²) in [7, 11) is 1.30. The Hall–Kier alpha value is -2.72. The summed E-state index contributed by atoms with van der Waals surface area (Å²) >= 11 is 0. The van der Waals surface area contributed by atoms with Gasteiger partial charge in [-0.15, -0.1) is 0 Å². The molecule has 0 saturated heterocycles. The lowest BCUT2D eigenvalue weighted by molar-refractivity contribution is -0.384. The molecule has 0 saturated carbocycles. The molecule has 0 heterocycles. The first-order valence-corrected chi connectivity index (χ1v) is 7.08. The number of benzene rings is 1. The maximum Gasteiger partial charge on any atom is 0.321 e. The summed E-state index contributed by atoms with van der Waals surface area (Å²) in [5, 5.41) is 33.6. The molecule has 1 unspecified atom stereocenters. The van der Waals surface area contributed by atoms with Gasteiger partial charge in [-0.25, -0.2) is 0 Å². The van der Waals surface area contributed by atoms with Gasteiger partial charge in [0, 0.05) is 12.7 Å². The molecule has 10 nitrogen and oxygen atoms in total. The molecule has 1 atom stereocenters. The first-order chi connectivity index (χ1) is 11.4. The molecule has 1 amide bonds. The van der Waals surface area contributed by atoms with Crippen molar-refractivity contribution in [3.63, 3.8) is 0 Å². The molecular formula is C14H19N3O7. The number of aliphatic carboxylic acids is 1. The summed E-state index contributed by atoms with van der Waals surface area (Å²) in [6.07, 6.45) is 0.0163. The molecule has 1 aromatic carbocycles. The highest BCUT2D eigenvalue weighted by atomic mass is 16.6. The SMILES string of the molecule is COc1cc([N+](=O)[O-])ccc1NC(=O)CC(NCCCO)C(=O)O. The van der Waals surface area contributed by atoms with Crippen molar-refractivity contribution in [2.45, 2.75) is 18.9 Å². The van der Waals surface area contributed by atoms with Crippen LogP contribution in [0.2, 0.25) is 0 Å². The van der Waals surface area contributed by atoms with Crippen molar-refractivity contribution >= 4 is 23.3 Å². The second-order valence-electron chi connectivity index (χ2n) is 4.82. The Balaban J connectivity index is 2.75. The number of nitrogens with zero attached hydrogens (tertiary/aromatic N) is 1. The number of aliphatic hydroxyl groups excluding tert-OH is 1. The van der Waals surface area contributed by atoms with Gasteiger partial charge in [-0.2, -0.15) is 0 Å². The molecule has 0 aromatic heterocycles. The van der Waals surface area contributed by atoms with E-state index in [2.05, 4.69) is 10.6 Å². The molecule has 132 valence electrons. The standard InChI is InChI=1S/C14H19N3O7/c1-24-12-7-9(17(22)23)3-4-10(12)16-13(19)8-11(14(20)21)15-5-2-6-18/h3-4,7,11,15,18H,2,5-6,8H2,1H3,(H,16,19)(H,20,21). The van der Waals surface area contributed by atoms with E-state index in [1.54, 1.807) is 0 Å². The van der Waals surface area contributed by atoms with E-state index in [0.717, 1.165) is 6.07 Å². The second kappa shape index (κ2) is 9.43. The number of aliphatic hydroxyl groups is 1. The quantitative estimate of drug-likeness (QED) is 0.270. The van der Waals surface area contributed by atoms with Crippen molar-refractivity contribution in [3.05, 3.63) is 28.3 Å². The Labute approximate surface area is 137 Å². The fourth-order valence-corrected chi connectivity index (χ4v) is 1.89. The van der Waals surface area contributed by atoms with Crippen LogP contribution in [0.25, 0.3) is 0 Å². The summed E-state index contributed by atoms with van der Waals surface area (Å²) < 4.78 is 4.99. The summed E-state index contributed by atoms with van der Waals surface area (Å²) in [6.45, 7) is 0.160. The van der Waals surface area contributed by atoms with Gasteiger partial charge in [0.2, 0.25) is 5.91 Å². The molecular weight excluding hydrogens is 322 g/mol. The van der Waals surface area contributed by atoms with Crippen LogP contribution in [0.5, 0.6) is 5.75 Å². The zero-order chi connectivity index (χ0) is 18.1. The second-order valence-corrected chi connectivity index (χ2v) is 4.82. The monoisotopic (exact) mass is 341 g/mol. The number of nitro groups is 1. The fourth-order valence-electron chi connectivity index (χ4n) is 1.89. The largest absolute Gasteiger partial charge is 0.494 e. The minimum absolute atomic E-state index is 0.0917. The van der Waals surface area contributed by atoms with Gasteiger partial charge in [0.05, 0.1) is 30.2 Å². The number of carboxylic acid groups (broad SMARTS) is 1. The molecule has 0 radical (unpaired) electrons. The van der Waals surface area contributed by atoms with Crippen molar-refractivity contribution < 1.29 is 29.5 Å². The van der Waals surface area contributed by atoms with E-state index in [1.807, 2.05) is 0 Å². The van der Waals surface area contributed by atoms with Crippen molar-refractivity contribution in [3.8, 4) is 5.75 Å². The van der Waals surface area contributed by atoms with Crippen LogP contribution in [0, 0.1) is 10.1 Å². The van der Waals surface area contributed by atoms with Gasteiger partial charge in [0.25, 0.3) is 5.69 Å². The highest BCUT2D eigenvalue weighted by molar-refractivity contribution is 5.95. The Morgan fingerprint density at radius 1 is 1.42 bits per heavy atom. The average molecular weight is 341 g/mol. The first-order valence-electron chi connectivity index (χ1n) is 7.08. The van der Waals surface area contributed by atoms with Crippen LogP contribution in [0.15, 0.2) is 18.2 Å². The third-order valence-corrected chi connectivity index (χ3v) is 3.08. The minimum Gasteiger partial charge on any atom is -0.494 e. The van der Waals surface area contributed by atoms with Crippen LogP contribution in [0.1, 0.15) is 12.8 Å². The van der Waals surface area contributed by atoms with Crippen molar-refractivity contribution in [1.82, 2.24) is 5.32 Å². The Morgan fingerprint density at radius 2 is 2.12 bits per heavy atom. The highest BCUT2D eigenvalue weighted by Crippen LogP contribution is 2.29. The number of amides is 1. The molecule has 0 bridgehead atoms. The number of carbonyl (C=O) groups is 2. The summed E-state index contributed by atoms with van der Waals surface area (Å²) in [6, 6.07) is 2.56. The first kappa shape index (κ1) is 19.3. The minimum atomic E-state index is -1.20. The van der Waals surface area contributed by atoms with Gasteiger partial charge in [0.1, 0.15) is 11.8 Å². The van der Waals surface area contributed by atoms with Crippen molar-refractivity contribution in [1.29, 1.82) is 0 Å². The van der Waals surface area contributed by atoms with Crippen molar-refractivity contribution in [2.24, 2.45) is 0 Å². The van der Waals surface area contributed by atoms with Gasteiger partial charge >= 0.3 is 5.97 Å². The maximum atomic E-state index is 12.0. The predicted octanol–water partition coefficient (Wildman–Crippen LogP) is 0.357. The van der Waals surface area contributed by atoms with Crippen LogP contribution in [0.3, 0.4) is 0 Å². The Morgan fingerprint density at radius 3 is 2.67 bits per heavy atom. The zero-order valence-electron chi connectivity index (χ0n) is 13.0. The number of carboxylic acids is 1. The number of ether oxygens (including phenoxy) is 1. The van der Waals surface area contributed by atoms with Gasteiger partial charge < -0.3 is 25.6 Å². The lowest BCUT2D eigenvalue weighted by Crippen LogP contribution is -2.40. The Bertz CT molecular complexity index is 606. The molecule has 0 fully saturated rings. The predicted molar refractivity (Wildman–Crippen MR) is 84.0 cm³/mol. The lowest BCUT2D eigenvalue weighted by atomic mass is 10.2. The third-order valence-electron chi connectivity index (χ3n) is 3.08. The lowest BCUT2D eigenvalue weighted by Gasteiger charge is -2.15. The topological polar surface area (TPSA) is 151 Å². The molecule has 0 spiro atoms. The number of nitro benzene ring substituents is 1. The number of non-ortho nitro benzene ring substituents is 1. The van der Waals surface area contributed by atoms with Crippen LogP contribution in [0.4, 0.5) is 11.4 Å². The molecule has 24 heavy (non-hydrogen) atoms. The van der Waals surface area contributed by atoms with Crippen LogP contribution < -0.4 is 15.4 Å². The maximum absolute atomic E-state index is 12.0. The molecule has 0 aliphatic rings. The molecule has 1 aromatic rings. The normalized spacial score (nSPS) is 11.6. The number of carbonyl (C=O) groups excluding carboxylic acids is 1. The van der Waals surface area contributed by atoms with E-state index in [0.29, 0.717) is 6.42 Å². The smallest absolute Gasteiger partial charge is 0.321 e. The van der Waals surface area contributed by atoms with E-state index in [-0.39, 0.29) is 36.7 Å². The van der Waals surface area contributed by atoms with E-state index in [4.69, 9.17) is 14.9 Å². The number of anilines is 1. The number of hydrogen-bond acceptors (Lipinski definition) is 7. The number of rotatable bonds is 10. The number of methoxy groups -OCH3 is 1. The van der Waals surface area contributed by atoms with Crippen LogP contribution >= 0.6 is 0 Å². The fraction of sp³-hybridized carbons (Fsp3) is 0.429. The van der Waals surface area contributed by atoms with E-state index < -0.39 is 22.8 Å². The van der Waals surface area contributed by atoms with Gasteiger partial charge in [0.15, 0.2) is 0 Å². The average Bonchev–Trinajstić information content (AvgIpc) is 2.54. The summed E-state index contributed by atoms with van der Waals surface area (Å²) in [4.78, 5) is 33.2. The number of nitrogens with one attached hydrogen (secondary N) is 2. The van der Waals surface area contributed by atoms with E-state index in [9.17, 15) is 19.7 Å². The van der Waals surface area contributed by atoms with E-state index >= 15 is 0 Å². The Kier molecular flexibility index (Phi) is 7.59. The molecule has 4 N–H and O–H groups in total. The van der Waals surface area contributed by atoms with Crippen LogP contribution in [-0.4, -0.2) is 53.3 Å². The molecule has 0 aliphatic heterocycles. The van der Waals surface area contributed by atoms with Gasteiger partial charge in [-0.05, 0) is 19.0 Å². The highest BCUT2D eigenvalue weighted by Gasteiger charge is 2.21. The zero-order valence-corrected chi connectivity index (χ0v) is 13.0. The summed E-state index contributed by atoms with van der Waals surface area (Å²) in [5.41, 5.74) is 0.00605. The molecule has 0 aliphatic carbocycles.